The summed E-state index contributed by atoms with van der Waals surface area (Å²) < 4.78 is 13.1. The molecule has 0 heterocycles. The highest BCUT2D eigenvalue weighted by Crippen LogP contribution is 2.17. The number of non-ortho nitro benzene ring substituents is 1. The lowest BCUT2D eigenvalue weighted by molar-refractivity contribution is -0.385. The number of hydrogen-bond donors (Lipinski definition) is 1. The fraction of sp³-hybridized carbons (Fsp3) is 0.500. The molecule has 5 heteroatoms. The van der Waals surface area contributed by atoms with Crippen molar-refractivity contribution in [2.45, 2.75) is 32.7 Å². The number of rotatable bonds is 6. The van der Waals surface area contributed by atoms with E-state index in [9.17, 15) is 14.5 Å². The van der Waals surface area contributed by atoms with Gasteiger partial charge in [0.2, 0.25) is 0 Å². The highest BCUT2D eigenvalue weighted by Gasteiger charge is 2.10. The topological polar surface area (TPSA) is 55.2 Å². The maximum Gasteiger partial charge on any atom is 0.272 e. The van der Waals surface area contributed by atoms with Crippen molar-refractivity contribution in [2.24, 2.45) is 0 Å². The lowest BCUT2D eigenvalue weighted by atomic mass is 10.1. The third-order valence-electron chi connectivity index (χ3n) is 2.57. The molecule has 0 amide bonds. The Kier molecular flexibility index (Phi) is 5.03. The van der Waals surface area contributed by atoms with Crippen LogP contribution in [-0.2, 0) is 6.42 Å². The summed E-state index contributed by atoms with van der Waals surface area (Å²) in [5.41, 5.74) is 0.484. The van der Waals surface area contributed by atoms with Crippen molar-refractivity contribution in [3.63, 3.8) is 0 Å². The largest absolute Gasteiger partial charge is 0.315 e. The minimum atomic E-state index is -0.569. The average molecular weight is 240 g/mol. The molecule has 1 atom stereocenters. The Balaban J connectivity index is 2.68. The normalized spacial score (nSPS) is 12.4. The van der Waals surface area contributed by atoms with E-state index in [0.29, 0.717) is 18.0 Å². The van der Waals surface area contributed by atoms with E-state index in [0.717, 1.165) is 19.0 Å². The first-order valence-electron chi connectivity index (χ1n) is 5.70. The van der Waals surface area contributed by atoms with Crippen LogP contribution in [0.3, 0.4) is 0 Å². The van der Waals surface area contributed by atoms with E-state index in [4.69, 9.17) is 0 Å². The van der Waals surface area contributed by atoms with Gasteiger partial charge in [-0.25, -0.2) is 4.39 Å². The van der Waals surface area contributed by atoms with E-state index < -0.39 is 10.7 Å². The lowest BCUT2D eigenvalue weighted by Crippen LogP contribution is -2.25. The van der Waals surface area contributed by atoms with Crippen LogP contribution in [0.4, 0.5) is 10.1 Å². The molecule has 0 aliphatic carbocycles. The van der Waals surface area contributed by atoms with Gasteiger partial charge < -0.3 is 5.32 Å². The maximum absolute atomic E-state index is 13.1. The fourth-order valence-corrected chi connectivity index (χ4v) is 1.72. The third kappa shape index (κ3) is 4.48. The summed E-state index contributed by atoms with van der Waals surface area (Å²) in [5, 5.41) is 13.8. The molecule has 0 spiro atoms. The molecule has 1 aromatic rings. The van der Waals surface area contributed by atoms with E-state index in [1.165, 1.54) is 12.1 Å². The Morgan fingerprint density at radius 1 is 1.47 bits per heavy atom. The summed E-state index contributed by atoms with van der Waals surface area (Å²) in [6.45, 7) is 4.94. The van der Waals surface area contributed by atoms with Crippen LogP contribution in [0.1, 0.15) is 25.8 Å². The predicted octanol–water partition coefficient (Wildman–Crippen LogP) is 2.66. The molecule has 94 valence electrons. The van der Waals surface area contributed by atoms with Crippen molar-refractivity contribution < 1.29 is 9.31 Å². The zero-order valence-electron chi connectivity index (χ0n) is 10.1. The number of nitro benzene ring substituents is 1. The smallest absolute Gasteiger partial charge is 0.272 e. The maximum atomic E-state index is 13.1. The van der Waals surface area contributed by atoms with Gasteiger partial charge in [0.15, 0.2) is 0 Å². The molecule has 0 saturated carbocycles. The molecule has 0 aliphatic heterocycles. The Morgan fingerprint density at radius 2 is 2.18 bits per heavy atom. The van der Waals surface area contributed by atoms with Gasteiger partial charge >= 0.3 is 0 Å². The second-order valence-electron chi connectivity index (χ2n) is 4.07. The molecular weight excluding hydrogens is 223 g/mol. The van der Waals surface area contributed by atoms with E-state index >= 15 is 0 Å². The number of nitrogens with zero attached hydrogens (tertiary/aromatic N) is 1. The molecule has 1 rings (SSSR count). The summed E-state index contributed by atoms with van der Waals surface area (Å²) >= 11 is 0. The summed E-state index contributed by atoms with van der Waals surface area (Å²) in [4.78, 5) is 10.0. The highest BCUT2D eigenvalue weighted by molar-refractivity contribution is 5.35. The Labute approximate surface area is 100.0 Å². The predicted molar refractivity (Wildman–Crippen MR) is 64.5 cm³/mol. The quantitative estimate of drug-likeness (QED) is 0.614. The van der Waals surface area contributed by atoms with Crippen LogP contribution in [-0.4, -0.2) is 17.5 Å². The molecule has 0 bridgehead atoms. The van der Waals surface area contributed by atoms with E-state index in [-0.39, 0.29) is 5.69 Å². The molecule has 1 aromatic carbocycles. The highest BCUT2D eigenvalue weighted by atomic mass is 19.1. The van der Waals surface area contributed by atoms with Gasteiger partial charge in [-0.1, -0.05) is 6.92 Å². The molecule has 1 unspecified atom stereocenters. The van der Waals surface area contributed by atoms with Crippen LogP contribution in [0.2, 0.25) is 0 Å². The Morgan fingerprint density at radius 3 is 2.76 bits per heavy atom. The van der Waals surface area contributed by atoms with Crippen molar-refractivity contribution in [1.82, 2.24) is 5.32 Å². The number of halogens is 1. The van der Waals surface area contributed by atoms with Crippen LogP contribution in [0, 0.1) is 15.9 Å². The molecular formula is C12H17FN2O2. The second kappa shape index (κ2) is 6.30. The first-order valence-corrected chi connectivity index (χ1v) is 5.70. The van der Waals surface area contributed by atoms with Gasteiger partial charge in [0.1, 0.15) is 5.82 Å². The lowest BCUT2D eigenvalue weighted by Gasteiger charge is -2.11. The Bertz CT molecular complexity index is 396. The van der Waals surface area contributed by atoms with Crippen LogP contribution in [0.15, 0.2) is 18.2 Å². The van der Waals surface area contributed by atoms with Gasteiger partial charge in [-0.15, -0.1) is 0 Å². The molecule has 0 fully saturated rings. The van der Waals surface area contributed by atoms with Crippen LogP contribution < -0.4 is 5.32 Å². The van der Waals surface area contributed by atoms with Gasteiger partial charge in [0.05, 0.1) is 11.0 Å². The van der Waals surface area contributed by atoms with Crippen molar-refractivity contribution in [3.8, 4) is 0 Å². The Hall–Kier alpha value is -1.49. The number of nitro groups is 1. The zero-order valence-corrected chi connectivity index (χ0v) is 10.1. The summed E-state index contributed by atoms with van der Waals surface area (Å²) in [5.74, 6) is -0.551. The van der Waals surface area contributed by atoms with Crippen molar-refractivity contribution in [2.75, 3.05) is 6.54 Å². The molecule has 0 radical (unpaired) electrons. The van der Waals surface area contributed by atoms with Crippen molar-refractivity contribution >= 4 is 5.69 Å². The third-order valence-corrected chi connectivity index (χ3v) is 2.57. The molecule has 1 N–H and O–H groups in total. The molecule has 0 aromatic heterocycles. The molecule has 17 heavy (non-hydrogen) atoms. The summed E-state index contributed by atoms with van der Waals surface area (Å²) in [7, 11) is 0. The van der Waals surface area contributed by atoms with Crippen LogP contribution in [0.25, 0.3) is 0 Å². The van der Waals surface area contributed by atoms with Gasteiger partial charge in [0, 0.05) is 12.1 Å². The zero-order chi connectivity index (χ0) is 12.8. The average Bonchev–Trinajstić information content (AvgIpc) is 2.26. The van der Waals surface area contributed by atoms with Crippen LogP contribution in [0.5, 0.6) is 0 Å². The monoisotopic (exact) mass is 240 g/mol. The van der Waals surface area contributed by atoms with E-state index in [1.54, 1.807) is 0 Å². The molecule has 4 nitrogen and oxygen atoms in total. The van der Waals surface area contributed by atoms with Gasteiger partial charge in [-0.2, -0.15) is 0 Å². The minimum Gasteiger partial charge on any atom is -0.315 e. The first kappa shape index (κ1) is 13.6. The van der Waals surface area contributed by atoms with Gasteiger partial charge in [-0.3, -0.25) is 10.1 Å². The second-order valence-corrected chi connectivity index (χ2v) is 4.07. The van der Waals surface area contributed by atoms with Gasteiger partial charge in [0.25, 0.3) is 5.69 Å². The number of aryl methyl sites for hydroxylation is 1. The van der Waals surface area contributed by atoms with Gasteiger partial charge in [-0.05, 0) is 37.9 Å². The summed E-state index contributed by atoms with van der Waals surface area (Å²) in [6.07, 6.45) is 1.46. The number of nitrogens with one attached hydrogen (secondary N) is 1. The van der Waals surface area contributed by atoms with E-state index in [1.807, 2.05) is 13.8 Å². The van der Waals surface area contributed by atoms with E-state index in [2.05, 4.69) is 5.32 Å². The number of hydrogen-bond acceptors (Lipinski definition) is 3. The van der Waals surface area contributed by atoms with Crippen molar-refractivity contribution in [3.05, 3.63) is 39.7 Å². The number of benzene rings is 1. The SMILES string of the molecule is CCNC(C)CCc1cc(F)cc([N+](=O)[O-])c1. The van der Waals surface area contributed by atoms with Crippen molar-refractivity contribution in [1.29, 1.82) is 0 Å². The molecule has 0 saturated heterocycles. The van der Waals surface area contributed by atoms with Crippen LogP contribution >= 0.6 is 0 Å². The minimum absolute atomic E-state index is 0.184. The fourth-order valence-electron chi connectivity index (χ4n) is 1.72. The molecule has 0 aliphatic rings. The first-order chi connectivity index (χ1) is 8.02. The standard InChI is InChI=1S/C12H17FN2O2/c1-3-14-9(2)4-5-10-6-11(13)8-12(7-10)15(16)17/h6-9,14H,3-5H2,1-2H3. The summed E-state index contributed by atoms with van der Waals surface area (Å²) in [6, 6.07) is 4.05.